The summed E-state index contributed by atoms with van der Waals surface area (Å²) in [6.45, 7) is 0.485. The number of alkyl halides is 3. The summed E-state index contributed by atoms with van der Waals surface area (Å²) in [5, 5.41) is 3.85. The van der Waals surface area contributed by atoms with Crippen molar-refractivity contribution in [1.29, 1.82) is 0 Å². The predicted molar refractivity (Wildman–Crippen MR) is 88.2 cm³/mol. The molecule has 0 bridgehead atoms. The van der Waals surface area contributed by atoms with E-state index >= 15 is 0 Å². The minimum Gasteiger partial charge on any atom is -0.406 e. The molecule has 148 valence electrons. The molecule has 1 aromatic heterocycles. The van der Waals surface area contributed by atoms with Gasteiger partial charge in [0.2, 0.25) is 21.7 Å². The van der Waals surface area contributed by atoms with E-state index in [4.69, 9.17) is 4.52 Å². The summed E-state index contributed by atoms with van der Waals surface area (Å²) in [7, 11) is -1.52. The van der Waals surface area contributed by atoms with Crippen molar-refractivity contribution in [2.75, 3.05) is 19.8 Å². The maximum absolute atomic E-state index is 12.2. The molecule has 12 heteroatoms. The highest BCUT2D eigenvalue weighted by Crippen LogP contribution is 2.31. The molecule has 27 heavy (non-hydrogen) atoms. The fourth-order valence-corrected chi connectivity index (χ4v) is 3.75. The zero-order valence-corrected chi connectivity index (χ0v) is 15.2. The normalized spacial score (nSPS) is 21.5. The Kier molecular flexibility index (Phi) is 5.14. The quantitative estimate of drug-likeness (QED) is 0.810. The van der Waals surface area contributed by atoms with Gasteiger partial charge in [-0.15, -0.1) is 13.2 Å². The topological polar surface area (TPSA) is 97.6 Å². The van der Waals surface area contributed by atoms with Crippen molar-refractivity contribution in [2.24, 2.45) is 0 Å². The number of likely N-dealkylation sites (tertiary alicyclic amines) is 1. The van der Waals surface area contributed by atoms with Crippen molar-refractivity contribution in [2.45, 2.75) is 24.9 Å². The smallest absolute Gasteiger partial charge is 0.406 e. The van der Waals surface area contributed by atoms with Gasteiger partial charge in [-0.3, -0.25) is 4.90 Å². The Bertz CT molecular complexity index is 899. The highest BCUT2D eigenvalue weighted by atomic mass is 32.2. The SMILES string of the molecule is CN1C[C@@H](NS(C)(=O)=O)C[C@H]1c1nc(-c2ccc(OC(F)(F)F)cc2)no1. The van der Waals surface area contributed by atoms with Crippen LogP contribution in [-0.2, 0) is 10.0 Å². The van der Waals surface area contributed by atoms with Gasteiger partial charge in [0.1, 0.15) is 5.75 Å². The van der Waals surface area contributed by atoms with Crippen molar-refractivity contribution in [3.8, 4) is 17.1 Å². The molecule has 0 unspecified atom stereocenters. The van der Waals surface area contributed by atoms with Crippen LogP contribution in [0.2, 0.25) is 0 Å². The van der Waals surface area contributed by atoms with Gasteiger partial charge in [0.25, 0.3) is 0 Å². The van der Waals surface area contributed by atoms with Crippen LogP contribution in [0.15, 0.2) is 28.8 Å². The molecule has 0 saturated carbocycles. The Morgan fingerprint density at radius 3 is 2.56 bits per heavy atom. The van der Waals surface area contributed by atoms with Crippen molar-refractivity contribution in [3.05, 3.63) is 30.2 Å². The maximum Gasteiger partial charge on any atom is 0.573 e. The molecule has 1 aromatic carbocycles. The maximum atomic E-state index is 12.2. The van der Waals surface area contributed by atoms with Crippen LogP contribution < -0.4 is 9.46 Å². The second-order valence-corrected chi connectivity index (χ2v) is 8.09. The van der Waals surface area contributed by atoms with E-state index in [-0.39, 0.29) is 23.7 Å². The first kappa shape index (κ1) is 19.6. The van der Waals surface area contributed by atoms with Crippen LogP contribution in [0, 0.1) is 0 Å². The van der Waals surface area contributed by atoms with Gasteiger partial charge in [-0.05, 0) is 37.7 Å². The monoisotopic (exact) mass is 406 g/mol. The lowest BCUT2D eigenvalue weighted by Gasteiger charge is -2.14. The number of hydrogen-bond acceptors (Lipinski definition) is 7. The van der Waals surface area contributed by atoms with Crippen LogP contribution in [0.3, 0.4) is 0 Å². The highest BCUT2D eigenvalue weighted by Gasteiger charge is 2.35. The number of hydrogen-bond donors (Lipinski definition) is 1. The van der Waals surface area contributed by atoms with E-state index in [1.165, 1.54) is 12.1 Å². The molecule has 1 fully saturated rings. The van der Waals surface area contributed by atoms with Crippen LogP contribution >= 0.6 is 0 Å². The lowest BCUT2D eigenvalue weighted by Crippen LogP contribution is -2.35. The Hall–Kier alpha value is -2.18. The molecule has 0 amide bonds. The number of nitrogens with one attached hydrogen (secondary N) is 1. The van der Waals surface area contributed by atoms with E-state index in [1.54, 1.807) is 0 Å². The second kappa shape index (κ2) is 7.09. The van der Waals surface area contributed by atoms with E-state index in [1.807, 2.05) is 11.9 Å². The summed E-state index contributed by atoms with van der Waals surface area (Å²) in [4.78, 5) is 6.18. The largest absolute Gasteiger partial charge is 0.573 e. The Morgan fingerprint density at radius 2 is 1.96 bits per heavy atom. The van der Waals surface area contributed by atoms with Crippen LogP contribution in [-0.4, -0.2) is 55.7 Å². The fourth-order valence-electron chi connectivity index (χ4n) is 2.97. The van der Waals surface area contributed by atoms with Gasteiger partial charge in [-0.2, -0.15) is 4.98 Å². The van der Waals surface area contributed by atoms with E-state index in [0.29, 0.717) is 24.4 Å². The number of aromatic nitrogens is 2. The number of rotatable bonds is 5. The molecule has 1 N–H and O–H groups in total. The molecule has 8 nitrogen and oxygen atoms in total. The average molecular weight is 406 g/mol. The van der Waals surface area contributed by atoms with Gasteiger partial charge in [0.05, 0.1) is 12.3 Å². The van der Waals surface area contributed by atoms with Crippen LogP contribution in [0.4, 0.5) is 13.2 Å². The van der Waals surface area contributed by atoms with E-state index in [9.17, 15) is 21.6 Å². The first-order valence-electron chi connectivity index (χ1n) is 7.87. The lowest BCUT2D eigenvalue weighted by atomic mass is 10.2. The number of benzene rings is 1. The zero-order chi connectivity index (χ0) is 19.8. The summed E-state index contributed by atoms with van der Waals surface area (Å²) < 4.78 is 71.0. The molecular formula is C15H17F3N4O4S. The molecule has 2 heterocycles. The fraction of sp³-hybridized carbons (Fsp3) is 0.467. The summed E-state index contributed by atoms with van der Waals surface area (Å²) in [5.41, 5.74) is 0.464. The standard InChI is InChI=1S/C15H17F3N4O4S/c1-22-8-10(21-27(2,23)24)7-12(22)14-19-13(20-26-14)9-3-5-11(6-4-9)25-15(16,17)18/h3-6,10,12,21H,7-8H2,1-2H3/t10-,12-/m0/s1. The molecule has 2 atom stereocenters. The molecule has 0 radical (unpaired) electrons. The van der Waals surface area contributed by atoms with Crippen molar-refractivity contribution in [3.63, 3.8) is 0 Å². The Balaban J connectivity index is 1.71. The molecule has 1 saturated heterocycles. The predicted octanol–water partition coefficient (Wildman–Crippen LogP) is 1.93. The Morgan fingerprint density at radius 1 is 1.30 bits per heavy atom. The molecule has 1 aliphatic rings. The molecule has 2 aromatic rings. The third-order valence-electron chi connectivity index (χ3n) is 4.00. The number of nitrogens with zero attached hydrogens (tertiary/aromatic N) is 3. The summed E-state index contributed by atoms with van der Waals surface area (Å²) in [6.07, 6.45) is -3.20. The van der Waals surface area contributed by atoms with Crippen LogP contribution in [0.1, 0.15) is 18.4 Å². The van der Waals surface area contributed by atoms with E-state index in [0.717, 1.165) is 18.4 Å². The van der Waals surface area contributed by atoms with Gasteiger partial charge < -0.3 is 9.26 Å². The number of likely N-dealkylation sites (N-methyl/N-ethyl adjacent to an activating group) is 1. The van der Waals surface area contributed by atoms with Crippen LogP contribution in [0.5, 0.6) is 5.75 Å². The van der Waals surface area contributed by atoms with Crippen molar-refractivity contribution in [1.82, 2.24) is 19.8 Å². The van der Waals surface area contributed by atoms with Gasteiger partial charge >= 0.3 is 6.36 Å². The lowest BCUT2D eigenvalue weighted by molar-refractivity contribution is -0.274. The molecular weight excluding hydrogens is 389 g/mol. The minimum absolute atomic E-state index is 0.219. The van der Waals surface area contributed by atoms with Crippen molar-refractivity contribution < 1.29 is 30.8 Å². The summed E-state index contributed by atoms with van der Waals surface area (Å²) in [6, 6.07) is 4.56. The number of halogens is 3. The Labute approximate surface area is 153 Å². The third kappa shape index (κ3) is 5.17. The number of sulfonamides is 1. The third-order valence-corrected chi connectivity index (χ3v) is 4.76. The molecule has 0 aliphatic carbocycles. The van der Waals surface area contributed by atoms with Gasteiger partial charge in [-0.25, -0.2) is 13.1 Å². The van der Waals surface area contributed by atoms with E-state index in [2.05, 4.69) is 19.6 Å². The van der Waals surface area contributed by atoms with Gasteiger partial charge in [0.15, 0.2) is 0 Å². The molecule has 1 aliphatic heterocycles. The van der Waals surface area contributed by atoms with Gasteiger partial charge in [0, 0.05) is 18.2 Å². The minimum atomic E-state index is -4.76. The highest BCUT2D eigenvalue weighted by molar-refractivity contribution is 7.88. The van der Waals surface area contributed by atoms with Crippen molar-refractivity contribution >= 4 is 10.0 Å². The summed E-state index contributed by atoms with van der Waals surface area (Å²) >= 11 is 0. The average Bonchev–Trinajstić information content (AvgIpc) is 3.11. The summed E-state index contributed by atoms with van der Waals surface area (Å²) in [5.74, 6) is 0.178. The van der Waals surface area contributed by atoms with Crippen LogP contribution in [0.25, 0.3) is 11.4 Å². The van der Waals surface area contributed by atoms with E-state index < -0.39 is 16.4 Å². The first-order chi connectivity index (χ1) is 12.5. The number of ether oxygens (including phenoxy) is 1. The first-order valence-corrected chi connectivity index (χ1v) is 9.76. The molecule has 0 spiro atoms. The molecule has 3 rings (SSSR count). The van der Waals surface area contributed by atoms with Gasteiger partial charge in [-0.1, -0.05) is 5.16 Å². The second-order valence-electron chi connectivity index (χ2n) is 6.31. The zero-order valence-electron chi connectivity index (χ0n) is 14.4.